The second kappa shape index (κ2) is 9.40. The van der Waals surface area contributed by atoms with Gasteiger partial charge in [-0.05, 0) is 41.0 Å². The highest BCUT2D eigenvalue weighted by Crippen LogP contribution is 2.29. The van der Waals surface area contributed by atoms with E-state index in [9.17, 15) is 4.79 Å². The molecule has 0 atom stereocenters. The summed E-state index contributed by atoms with van der Waals surface area (Å²) in [5.74, 6) is 1.09. The number of carbonyl (C=O) groups is 1. The van der Waals surface area contributed by atoms with Crippen molar-refractivity contribution in [2.24, 2.45) is 0 Å². The molecule has 0 unspecified atom stereocenters. The molecule has 8 nitrogen and oxygen atoms in total. The Balaban J connectivity index is 0.00000261. The number of nitrogens with zero attached hydrogens (tertiary/aromatic N) is 2. The van der Waals surface area contributed by atoms with Crippen LogP contribution in [0.25, 0.3) is 11.3 Å². The van der Waals surface area contributed by atoms with Gasteiger partial charge in [0, 0.05) is 23.7 Å². The highest BCUT2D eigenvalue weighted by atomic mass is 35.5. The molecule has 0 saturated heterocycles. The zero-order valence-corrected chi connectivity index (χ0v) is 16.1. The van der Waals surface area contributed by atoms with Gasteiger partial charge < -0.3 is 20.8 Å². The summed E-state index contributed by atoms with van der Waals surface area (Å²) in [6.45, 7) is 3.43. The van der Waals surface area contributed by atoms with Crippen molar-refractivity contribution in [1.82, 2.24) is 20.9 Å². The second-order valence-electron chi connectivity index (χ2n) is 5.61. The van der Waals surface area contributed by atoms with E-state index < -0.39 is 5.91 Å². The first kappa shape index (κ1) is 20.8. The fourth-order valence-electron chi connectivity index (χ4n) is 2.40. The van der Waals surface area contributed by atoms with E-state index in [-0.39, 0.29) is 23.9 Å². The first-order chi connectivity index (χ1) is 12.6. The Morgan fingerprint density at radius 3 is 2.78 bits per heavy atom. The molecule has 4 N–H and O–H groups in total. The maximum absolute atomic E-state index is 11.8. The van der Waals surface area contributed by atoms with Gasteiger partial charge in [0.05, 0.1) is 6.54 Å². The summed E-state index contributed by atoms with van der Waals surface area (Å²) in [4.78, 5) is 11.8. The predicted octanol–water partition coefficient (Wildman–Crippen LogP) is 2.82. The summed E-state index contributed by atoms with van der Waals surface area (Å²) in [5, 5.41) is 13.4. The average molecular weight is 412 g/mol. The summed E-state index contributed by atoms with van der Waals surface area (Å²) < 4.78 is 10.2. The molecular weight excluding hydrogens is 393 g/mol. The van der Waals surface area contributed by atoms with E-state index in [1.54, 1.807) is 0 Å². The molecule has 10 heteroatoms. The van der Waals surface area contributed by atoms with Crippen molar-refractivity contribution in [1.29, 1.82) is 0 Å². The molecular formula is C17H19Cl2N5O3. The van der Waals surface area contributed by atoms with Crippen LogP contribution in [0.1, 0.15) is 21.8 Å². The van der Waals surface area contributed by atoms with Gasteiger partial charge in [-0.3, -0.25) is 4.79 Å². The topological polar surface area (TPSA) is 119 Å². The lowest BCUT2D eigenvalue weighted by molar-refractivity contribution is 0.0944. The van der Waals surface area contributed by atoms with Crippen molar-refractivity contribution in [3.63, 3.8) is 0 Å². The minimum Gasteiger partial charge on any atom is -0.460 e. The van der Waals surface area contributed by atoms with Crippen molar-refractivity contribution >= 4 is 35.7 Å². The van der Waals surface area contributed by atoms with E-state index in [1.165, 1.54) is 0 Å². The monoisotopic (exact) mass is 411 g/mol. The number of hydrogen-bond donors (Lipinski definition) is 3. The molecule has 0 fully saturated rings. The van der Waals surface area contributed by atoms with Crippen LogP contribution in [-0.2, 0) is 6.54 Å². The Morgan fingerprint density at radius 2 is 2.04 bits per heavy atom. The summed E-state index contributed by atoms with van der Waals surface area (Å²) >= 11 is 6.15. The van der Waals surface area contributed by atoms with Gasteiger partial charge in [0.25, 0.3) is 5.91 Å². The molecule has 0 aliphatic heterocycles. The number of carbonyl (C=O) groups excluding carboxylic acids is 1. The SMILES string of the molecule is Cc1c(Cl)cccc1-c1ccc(CNCCNC(=O)c2nonc2N)o1.Cl. The lowest BCUT2D eigenvalue weighted by atomic mass is 10.1. The van der Waals surface area contributed by atoms with Crippen molar-refractivity contribution in [2.45, 2.75) is 13.5 Å². The number of nitrogen functional groups attached to an aromatic ring is 1. The highest BCUT2D eigenvalue weighted by molar-refractivity contribution is 6.31. The number of hydrogen-bond acceptors (Lipinski definition) is 7. The van der Waals surface area contributed by atoms with Crippen LogP contribution in [0.3, 0.4) is 0 Å². The minimum atomic E-state index is -0.428. The van der Waals surface area contributed by atoms with Gasteiger partial charge in [-0.15, -0.1) is 12.4 Å². The number of aromatic nitrogens is 2. The quantitative estimate of drug-likeness (QED) is 0.511. The standard InChI is InChI=1S/C17H18ClN5O3.ClH/c1-10-12(3-2-4-13(10)18)14-6-5-11(25-14)9-20-7-8-21-17(24)15-16(19)23-26-22-15;/h2-6,20H,7-9H2,1H3,(H2,19,23)(H,21,24);1H. The van der Waals surface area contributed by atoms with E-state index in [1.807, 2.05) is 37.3 Å². The van der Waals surface area contributed by atoms with E-state index in [0.29, 0.717) is 24.7 Å². The fraction of sp³-hybridized carbons (Fsp3) is 0.235. The zero-order chi connectivity index (χ0) is 18.5. The second-order valence-corrected chi connectivity index (χ2v) is 6.02. The van der Waals surface area contributed by atoms with Gasteiger partial charge in [-0.25, -0.2) is 4.63 Å². The van der Waals surface area contributed by atoms with Crippen molar-refractivity contribution in [3.8, 4) is 11.3 Å². The summed E-state index contributed by atoms with van der Waals surface area (Å²) in [6.07, 6.45) is 0. The molecule has 2 aromatic heterocycles. The molecule has 1 amide bonds. The normalized spacial score (nSPS) is 10.4. The van der Waals surface area contributed by atoms with Crippen molar-refractivity contribution < 1.29 is 13.8 Å². The number of rotatable bonds is 7. The number of amides is 1. The summed E-state index contributed by atoms with van der Waals surface area (Å²) in [7, 11) is 0. The minimum absolute atomic E-state index is 0. The number of benzene rings is 1. The van der Waals surface area contributed by atoms with Crippen LogP contribution in [-0.4, -0.2) is 29.3 Å². The molecule has 1 aromatic carbocycles. The summed E-state index contributed by atoms with van der Waals surface area (Å²) in [5.41, 5.74) is 7.38. The molecule has 0 radical (unpaired) electrons. The van der Waals surface area contributed by atoms with Gasteiger partial charge in [-0.1, -0.05) is 23.7 Å². The predicted molar refractivity (Wildman–Crippen MR) is 104 cm³/mol. The highest BCUT2D eigenvalue weighted by Gasteiger charge is 2.15. The molecule has 0 aliphatic rings. The average Bonchev–Trinajstić information content (AvgIpc) is 3.26. The Kier molecular flexibility index (Phi) is 7.23. The molecule has 3 rings (SSSR count). The number of anilines is 1. The molecule has 2 heterocycles. The van der Waals surface area contributed by atoms with Crippen LogP contribution in [0.15, 0.2) is 39.4 Å². The molecule has 27 heavy (non-hydrogen) atoms. The van der Waals surface area contributed by atoms with Crippen LogP contribution in [0.2, 0.25) is 5.02 Å². The Labute approximate surface area is 166 Å². The Morgan fingerprint density at radius 1 is 1.22 bits per heavy atom. The molecule has 3 aromatic rings. The van der Waals surface area contributed by atoms with E-state index >= 15 is 0 Å². The number of nitrogens with one attached hydrogen (secondary N) is 2. The molecule has 144 valence electrons. The van der Waals surface area contributed by atoms with Crippen LogP contribution in [0, 0.1) is 6.92 Å². The number of nitrogens with two attached hydrogens (primary N) is 1. The first-order valence-corrected chi connectivity index (χ1v) is 8.35. The fourth-order valence-corrected chi connectivity index (χ4v) is 2.58. The van der Waals surface area contributed by atoms with Crippen LogP contribution >= 0.6 is 24.0 Å². The third-order valence-electron chi connectivity index (χ3n) is 3.81. The third-order valence-corrected chi connectivity index (χ3v) is 4.22. The van der Waals surface area contributed by atoms with Crippen LogP contribution in [0.4, 0.5) is 5.82 Å². The first-order valence-electron chi connectivity index (χ1n) is 7.97. The van der Waals surface area contributed by atoms with Gasteiger partial charge in [0.15, 0.2) is 0 Å². The molecule has 0 bridgehead atoms. The lowest BCUT2D eigenvalue weighted by Gasteiger charge is -2.05. The van der Waals surface area contributed by atoms with Crippen molar-refractivity contribution in [2.75, 3.05) is 18.8 Å². The smallest absolute Gasteiger partial charge is 0.277 e. The van der Waals surface area contributed by atoms with Crippen LogP contribution in [0.5, 0.6) is 0 Å². The van der Waals surface area contributed by atoms with Crippen molar-refractivity contribution in [3.05, 3.63) is 52.4 Å². The van der Waals surface area contributed by atoms with Gasteiger partial charge >= 0.3 is 0 Å². The number of halogens is 2. The Hall–Kier alpha value is -2.55. The van der Waals surface area contributed by atoms with Gasteiger partial charge in [0.2, 0.25) is 11.5 Å². The third kappa shape index (κ3) is 5.00. The summed E-state index contributed by atoms with van der Waals surface area (Å²) in [6, 6.07) is 9.53. The van der Waals surface area contributed by atoms with Gasteiger partial charge in [-0.2, -0.15) is 0 Å². The molecule has 0 saturated carbocycles. The maximum Gasteiger partial charge on any atom is 0.277 e. The largest absolute Gasteiger partial charge is 0.460 e. The maximum atomic E-state index is 11.8. The molecule has 0 aliphatic carbocycles. The van der Waals surface area contributed by atoms with E-state index in [4.69, 9.17) is 21.8 Å². The Bertz CT molecular complexity index is 910. The zero-order valence-electron chi connectivity index (χ0n) is 14.5. The van der Waals surface area contributed by atoms with Crippen LogP contribution < -0.4 is 16.4 Å². The van der Waals surface area contributed by atoms with E-state index in [2.05, 4.69) is 25.6 Å². The van der Waals surface area contributed by atoms with E-state index in [0.717, 1.165) is 22.6 Å². The lowest BCUT2D eigenvalue weighted by Crippen LogP contribution is -2.32. The van der Waals surface area contributed by atoms with Gasteiger partial charge in [0.1, 0.15) is 11.5 Å². The number of furan rings is 1. The molecule has 0 spiro atoms.